The summed E-state index contributed by atoms with van der Waals surface area (Å²) in [5.41, 5.74) is 1.19. The molecule has 2 rings (SSSR count). The molecule has 0 heterocycles. The van der Waals surface area contributed by atoms with Gasteiger partial charge in [0.25, 0.3) is 0 Å². The zero-order valence-electron chi connectivity index (χ0n) is 7.19. The number of hydrogen-bond donors (Lipinski definition) is 1. The van der Waals surface area contributed by atoms with E-state index in [2.05, 4.69) is 49.3 Å². The lowest BCUT2D eigenvalue weighted by molar-refractivity contribution is 0.445. The Morgan fingerprint density at radius 3 is 2.23 bits per heavy atom. The Balaban J connectivity index is 2.17. The van der Waals surface area contributed by atoms with Crippen LogP contribution in [0.1, 0.15) is 19.3 Å². The highest BCUT2D eigenvalue weighted by atomic mass is 79.9. The van der Waals surface area contributed by atoms with Crippen molar-refractivity contribution in [1.82, 2.24) is 0 Å². The molecule has 1 aliphatic rings. The van der Waals surface area contributed by atoms with Crippen LogP contribution >= 0.6 is 31.9 Å². The maximum absolute atomic E-state index is 3.54. The number of hydrogen-bond acceptors (Lipinski definition) is 1. The van der Waals surface area contributed by atoms with Gasteiger partial charge in [-0.2, -0.15) is 0 Å². The van der Waals surface area contributed by atoms with Crippen molar-refractivity contribution in [2.75, 3.05) is 5.32 Å². The van der Waals surface area contributed by atoms with Gasteiger partial charge >= 0.3 is 0 Å². The van der Waals surface area contributed by atoms with Gasteiger partial charge in [-0.05, 0) is 63.3 Å². The Labute approximate surface area is 95.2 Å². The summed E-state index contributed by atoms with van der Waals surface area (Å²) in [6.45, 7) is 0. The number of anilines is 1. The van der Waals surface area contributed by atoms with Crippen LogP contribution in [0.5, 0.6) is 0 Å². The zero-order chi connectivity index (χ0) is 9.26. The second-order valence-corrected chi connectivity index (χ2v) is 5.08. The lowest BCUT2D eigenvalue weighted by atomic mass is 9.93. The molecule has 13 heavy (non-hydrogen) atoms. The van der Waals surface area contributed by atoms with Gasteiger partial charge in [-0.15, -0.1) is 0 Å². The fourth-order valence-electron chi connectivity index (χ4n) is 1.39. The van der Waals surface area contributed by atoms with Crippen molar-refractivity contribution in [2.24, 2.45) is 0 Å². The molecule has 1 N–H and O–H groups in total. The summed E-state index contributed by atoms with van der Waals surface area (Å²) in [6.07, 6.45) is 3.96. The van der Waals surface area contributed by atoms with Gasteiger partial charge in [0, 0.05) is 15.0 Å². The number of nitrogens with one attached hydrogen (secondary N) is 1. The standard InChI is InChI=1S/C10H11Br2N/c11-8-5-2-6-9(12)10(8)13-7-3-1-4-7/h2,5-7,13H,1,3-4H2. The van der Waals surface area contributed by atoms with Gasteiger partial charge < -0.3 is 5.32 Å². The van der Waals surface area contributed by atoms with Crippen molar-refractivity contribution in [1.29, 1.82) is 0 Å². The third kappa shape index (κ3) is 2.08. The van der Waals surface area contributed by atoms with E-state index in [1.807, 2.05) is 6.07 Å². The third-order valence-electron chi connectivity index (χ3n) is 2.42. The SMILES string of the molecule is Brc1cccc(Br)c1NC1CCC1. The topological polar surface area (TPSA) is 12.0 Å². The quantitative estimate of drug-likeness (QED) is 0.864. The van der Waals surface area contributed by atoms with E-state index in [1.54, 1.807) is 0 Å². The normalized spacial score (nSPS) is 16.8. The van der Waals surface area contributed by atoms with E-state index in [1.165, 1.54) is 24.9 Å². The van der Waals surface area contributed by atoms with Crippen LogP contribution in [-0.2, 0) is 0 Å². The van der Waals surface area contributed by atoms with Crippen LogP contribution in [0.3, 0.4) is 0 Å². The molecule has 0 aliphatic heterocycles. The molecule has 1 aliphatic carbocycles. The van der Waals surface area contributed by atoms with E-state index in [4.69, 9.17) is 0 Å². The summed E-state index contributed by atoms with van der Waals surface area (Å²) < 4.78 is 2.27. The Kier molecular flexibility index (Phi) is 2.94. The highest BCUT2D eigenvalue weighted by molar-refractivity contribution is 9.11. The average molecular weight is 305 g/mol. The van der Waals surface area contributed by atoms with Gasteiger partial charge in [0.2, 0.25) is 0 Å². The minimum absolute atomic E-state index is 0.676. The molecular formula is C10H11Br2N. The molecule has 0 bridgehead atoms. The molecule has 0 atom stereocenters. The van der Waals surface area contributed by atoms with E-state index < -0.39 is 0 Å². The molecule has 1 nitrogen and oxygen atoms in total. The first-order valence-electron chi connectivity index (χ1n) is 4.48. The molecule has 1 saturated carbocycles. The van der Waals surface area contributed by atoms with Gasteiger partial charge in [-0.25, -0.2) is 0 Å². The van der Waals surface area contributed by atoms with Gasteiger partial charge in [0.1, 0.15) is 0 Å². The van der Waals surface area contributed by atoms with Gasteiger partial charge in [0.05, 0.1) is 5.69 Å². The summed E-state index contributed by atoms with van der Waals surface area (Å²) in [7, 11) is 0. The molecule has 0 unspecified atom stereocenters. The third-order valence-corrected chi connectivity index (χ3v) is 3.74. The summed E-state index contributed by atoms with van der Waals surface area (Å²) in [6, 6.07) is 6.83. The smallest absolute Gasteiger partial charge is 0.0631 e. The van der Waals surface area contributed by atoms with E-state index in [0.29, 0.717) is 6.04 Å². The monoisotopic (exact) mass is 303 g/mol. The van der Waals surface area contributed by atoms with Crippen LogP contribution in [0.25, 0.3) is 0 Å². The predicted octanol–water partition coefficient (Wildman–Crippen LogP) is 4.18. The van der Waals surface area contributed by atoms with Crippen molar-refractivity contribution < 1.29 is 0 Å². The minimum atomic E-state index is 0.676. The molecule has 0 radical (unpaired) electrons. The molecule has 1 aromatic rings. The molecule has 0 saturated heterocycles. The Morgan fingerprint density at radius 2 is 1.77 bits per heavy atom. The van der Waals surface area contributed by atoms with Crippen LogP contribution in [0, 0.1) is 0 Å². The van der Waals surface area contributed by atoms with Gasteiger partial charge in [0.15, 0.2) is 0 Å². The Bertz CT molecular complexity index is 288. The van der Waals surface area contributed by atoms with E-state index in [0.717, 1.165) is 8.95 Å². The highest BCUT2D eigenvalue weighted by Gasteiger charge is 2.18. The summed E-state index contributed by atoms with van der Waals surface area (Å²) in [5, 5.41) is 3.52. The van der Waals surface area contributed by atoms with Crippen LogP contribution in [0.2, 0.25) is 0 Å². The van der Waals surface area contributed by atoms with Crippen molar-refractivity contribution in [3.8, 4) is 0 Å². The molecule has 0 amide bonds. The van der Waals surface area contributed by atoms with Crippen LogP contribution in [-0.4, -0.2) is 6.04 Å². The van der Waals surface area contributed by atoms with Crippen LogP contribution < -0.4 is 5.32 Å². The van der Waals surface area contributed by atoms with E-state index in [9.17, 15) is 0 Å². The number of rotatable bonds is 2. The second kappa shape index (κ2) is 4.01. The summed E-state index contributed by atoms with van der Waals surface area (Å²) >= 11 is 7.07. The van der Waals surface area contributed by atoms with E-state index in [-0.39, 0.29) is 0 Å². The van der Waals surface area contributed by atoms with Gasteiger partial charge in [-0.3, -0.25) is 0 Å². The van der Waals surface area contributed by atoms with Crippen molar-refractivity contribution >= 4 is 37.5 Å². The molecule has 1 aromatic carbocycles. The summed E-state index contributed by atoms with van der Waals surface area (Å²) in [4.78, 5) is 0. The van der Waals surface area contributed by atoms with Crippen LogP contribution in [0.4, 0.5) is 5.69 Å². The highest BCUT2D eigenvalue weighted by Crippen LogP contribution is 2.33. The number of benzene rings is 1. The zero-order valence-corrected chi connectivity index (χ0v) is 10.4. The van der Waals surface area contributed by atoms with Crippen molar-refractivity contribution in [3.05, 3.63) is 27.1 Å². The second-order valence-electron chi connectivity index (χ2n) is 3.37. The fraction of sp³-hybridized carbons (Fsp3) is 0.400. The number of halogens is 2. The molecule has 70 valence electrons. The fourth-order valence-corrected chi connectivity index (χ4v) is 2.62. The predicted molar refractivity (Wildman–Crippen MR) is 63.1 cm³/mol. The van der Waals surface area contributed by atoms with Crippen molar-refractivity contribution in [3.63, 3.8) is 0 Å². The molecule has 3 heteroatoms. The Hall–Kier alpha value is -0.0200. The average Bonchev–Trinajstić information content (AvgIpc) is 2.00. The Morgan fingerprint density at radius 1 is 1.15 bits per heavy atom. The first-order valence-corrected chi connectivity index (χ1v) is 6.06. The maximum Gasteiger partial charge on any atom is 0.0631 e. The first-order chi connectivity index (χ1) is 6.27. The summed E-state index contributed by atoms with van der Waals surface area (Å²) in [5.74, 6) is 0. The van der Waals surface area contributed by atoms with Crippen molar-refractivity contribution in [2.45, 2.75) is 25.3 Å². The largest absolute Gasteiger partial charge is 0.380 e. The molecule has 1 fully saturated rings. The van der Waals surface area contributed by atoms with Crippen LogP contribution in [0.15, 0.2) is 27.1 Å². The molecular weight excluding hydrogens is 294 g/mol. The maximum atomic E-state index is 3.54. The van der Waals surface area contributed by atoms with E-state index >= 15 is 0 Å². The van der Waals surface area contributed by atoms with Gasteiger partial charge in [-0.1, -0.05) is 6.07 Å². The molecule has 0 spiro atoms. The number of para-hydroxylation sites is 1. The lowest BCUT2D eigenvalue weighted by Crippen LogP contribution is -2.27. The molecule has 0 aromatic heterocycles. The lowest BCUT2D eigenvalue weighted by Gasteiger charge is -2.28. The minimum Gasteiger partial charge on any atom is -0.380 e. The first kappa shape index (κ1) is 9.53.